The third-order valence-electron chi connectivity index (χ3n) is 3.06. The zero-order valence-electron chi connectivity index (χ0n) is 19.8. The van der Waals surface area contributed by atoms with Crippen molar-refractivity contribution in [1.29, 1.82) is 0 Å². The maximum atomic E-state index is 8.42. The van der Waals surface area contributed by atoms with Gasteiger partial charge in [0.1, 0.15) is 7.05 Å². The Balaban J connectivity index is 2.78. The highest BCUT2D eigenvalue weighted by molar-refractivity contribution is 5.66. The SMILES string of the molecule is [2H]c1cc(C([2H])([2H])C(C)(C)C)cc([2H])c1-c1cc(C)[n+](C)cc1C([2H])([2H])[2H]. The zero-order valence-corrected chi connectivity index (χ0v) is 12.8. The lowest BCUT2D eigenvalue weighted by molar-refractivity contribution is -0.677. The van der Waals surface area contributed by atoms with Crippen molar-refractivity contribution in [3.63, 3.8) is 0 Å². The zero-order chi connectivity index (χ0) is 20.9. The number of rotatable bonds is 2. The molecule has 0 fully saturated rings. The molecule has 1 heterocycles. The number of hydrogen-bond donors (Lipinski definition) is 0. The van der Waals surface area contributed by atoms with Crippen molar-refractivity contribution in [3.05, 3.63) is 53.3 Å². The van der Waals surface area contributed by atoms with E-state index < -0.39 is 18.6 Å². The molecule has 0 amide bonds. The van der Waals surface area contributed by atoms with Crippen molar-refractivity contribution in [2.45, 2.75) is 40.9 Å². The Bertz CT molecular complexity index is 854. The molecule has 0 N–H and O–H groups in total. The summed E-state index contributed by atoms with van der Waals surface area (Å²) in [6.07, 6.45) is -0.220. The second-order valence-electron chi connectivity index (χ2n) is 6.14. The molecule has 1 nitrogen and oxygen atoms in total. The van der Waals surface area contributed by atoms with Gasteiger partial charge in [0.15, 0.2) is 11.9 Å². The number of aromatic nitrogens is 1. The third kappa shape index (κ3) is 3.47. The average molecular weight is 275 g/mol. The van der Waals surface area contributed by atoms with E-state index in [2.05, 4.69) is 0 Å². The van der Waals surface area contributed by atoms with Crippen LogP contribution >= 0.6 is 0 Å². The van der Waals surface area contributed by atoms with E-state index in [1.165, 1.54) is 18.3 Å². The summed E-state index contributed by atoms with van der Waals surface area (Å²) in [5.41, 5.74) is 0.938. The molecule has 106 valence electrons. The van der Waals surface area contributed by atoms with Crippen LogP contribution in [-0.2, 0) is 13.4 Å². The standard InChI is InChI=1S/C19H26N/c1-14-13-20(6)15(2)11-18(14)17-9-7-16(8-10-17)12-19(3,4)5/h7-11,13H,12H2,1-6H3/q+1/i1D3,9D,10D,12D2. The summed E-state index contributed by atoms with van der Waals surface area (Å²) in [5.74, 6) is 0. The van der Waals surface area contributed by atoms with Crippen molar-refractivity contribution in [2.75, 3.05) is 0 Å². The van der Waals surface area contributed by atoms with Crippen molar-refractivity contribution >= 4 is 0 Å². The highest BCUT2D eigenvalue weighted by Gasteiger charge is 2.12. The fourth-order valence-corrected chi connectivity index (χ4v) is 2.00. The van der Waals surface area contributed by atoms with Gasteiger partial charge in [-0.1, -0.05) is 45.0 Å². The van der Waals surface area contributed by atoms with Gasteiger partial charge in [-0.3, -0.25) is 0 Å². The number of pyridine rings is 1. The highest BCUT2D eigenvalue weighted by Crippen LogP contribution is 2.26. The van der Waals surface area contributed by atoms with Gasteiger partial charge in [0, 0.05) is 25.4 Å². The lowest BCUT2D eigenvalue weighted by Crippen LogP contribution is -2.31. The quantitative estimate of drug-likeness (QED) is 0.716. The summed E-state index contributed by atoms with van der Waals surface area (Å²) in [6.45, 7) is 4.73. The molecule has 1 aromatic carbocycles. The molecule has 0 aliphatic carbocycles. The Morgan fingerprint density at radius 3 is 2.50 bits per heavy atom. The molecule has 0 spiro atoms. The van der Waals surface area contributed by atoms with Gasteiger partial charge in [0.25, 0.3) is 0 Å². The largest absolute Gasteiger partial charge is 0.205 e. The Hall–Kier alpha value is -1.63. The fraction of sp³-hybridized carbons (Fsp3) is 0.421. The Labute approximate surface area is 133 Å². The molecule has 0 aliphatic rings. The van der Waals surface area contributed by atoms with E-state index in [9.17, 15) is 0 Å². The minimum atomic E-state index is -2.39. The van der Waals surface area contributed by atoms with Gasteiger partial charge in [-0.15, -0.1) is 0 Å². The van der Waals surface area contributed by atoms with Crippen LogP contribution in [0.25, 0.3) is 11.1 Å². The first-order valence-corrected chi connectivity index (χ1v) is 6.70. The van der Waals surface area contributed by atoms with Crippen LogP contribution in [0.5, 0.6) is 0 Å². The molecule has 2 aromatic rings. The van der Waals surface area contributed by atoms with Crippen LogP contribution in [0.4, 0.5) is 0 Å². The molecule has 0 aliphatic heterocycles. The maximum absolute atomic E-state index is 8.42. The number of aryl methyl sites for hydroxylation is 3. The van der Waals surface area contributed by atoms with Crippen LogP contribution in [0, 0.1) is 19.2 Å². The van der Waals surface area contributed by atoms with E-state index in [0.29, 0.717) is 5.56 Å². The molecular formula is C19H26N+. The van der Waals surface area contributed by atoms with Crippen LogP contribution < -0.4 is 4.57 Å². The van der Waals surface area contributed by atoms with Crippen molar-refractivity contribution in [3.8, 4) is 11.1 Å². The summed E-state index contributed by atoms with van der Waals surface area (Å²) >= 11 is 0. The fourth-order valence-electron chi connectivity index (χ4n) is 2.00. The van der Waals surface area contributed by atoms with Crippen LogP contribution in [0.3, 0.4) is 0 Å². The van der Waals surface area contributed by atoms with E-state index in [-0.39, 0.29) is 28.8 Å². The van der Waals surface area contributed by atoms with E-state index in [4.69, 9.17) is 9.60 Å². The minimum Gasteiger partial charge on any atom is -0.205 e. The Morgan fingerprint density at radius 2 is 1.95 bits per heavy atom. The predicted molar refractivity (Wildman–Crippen MR) is 85.7 cm³/mol. The summed E-state index contributed by atoms with van der Waals surface area (Å²) in [6, 6.07) is 4.38. The van der Waals surface area contributed by atoms with Gasteiger partial charge in [-0.25, -0.2) is 4.57 Å². The monoisotopic (exact) mass is 275 g/mol. The summed E-state index contributed by atoms with van der Waals surface area (Å²) < 4.78 is 58.8. The van der Waals surface area contributed by atoms with Crippen LogP contribution in [0.15, 0.2) is 36.5 Å². The Morgan fingerprint density at radius 1 is 1.30 bits per heavy atom. The first kappa shape index (κ1) is 7.97. The molecule has 0 bridgehead atoms. The van der Waals surface area contributed by atoms with Gasteiger partial charge in [0.2, 0.25) is 0 Å². The van der Waals surface area contributed by atoms with Gasteiger partial charge < -0.3 is 0 Å². The maximum Gasteiger partial charge on any atom is 0.178 e. The van der Waals surface area contributed by atoms with Gasteiger partial charge >= 0.3 is 0 Å². The van der Waals surface area contributed by atoms with E-state index >= 15 is 0 Å². The molecule has 0 atom stereocenters. The second-order valence-corrected chi connectivity index (χ2v) is 6.14. The van der Waals surface area contributed by atoms with Crippen molar-refractivity contribution in [1.82, 2.24) is 0 Å². The summed E-state index contributed by atoms with van der Waals surface area (Å²) in [5, 5.41) is 0. The molecule has 0 unspecified atom stereocenters. The number of hydrogen-bond acceptors (Lipinski definition) is 0. The number of nitrogens with zero attached hydrogens (tertiary/aromatic N) is 1. The molecule has 1 heteroatoms. The van der Waals surface area contributed by atoms with Crippen molar-refractivity contribution < 1.29 is 14.2 Å². The topological polar surface area (TPSA) is 3.88 Å². The van der Waals surface area contributed by atoms with Gasteiger partial charge in [-0.05, 0) is 35.3 Å². The molecule has 0 saturated heterocycles. The lowest BCUT2D eigenvalue weighted by atomic mass is 9.87. The molecule has 0 radical (unpaired) electrons. The average Bonchev–Trinajstić information content (AvgIpc) is 2.47. The predicted octanol–water partition coefficient (Wildman–Crippen LogP) is 4.38. The van der Waals surface area contributed by atoms with Crippen molar-refractivity contribution in [2.24, 2.45) is 12.5 Å². The molecular weight excluding hydrogens is 242 g/mol. The molecule has 20 heavy (non-hydrogen) atoms. The van der Waals surface area contributed by atoms with E-state index in [0.717, 1.165) is 5.69 Å². The molecule has 2 rings (SSSR count). The highest BCUT2D eigenvalue weighted by atomic mass is 14.9. The first-order chi connectivity index (χ1) is 12.1. The lowest BCUT2D eigenvalue weighted by Gasteiger charge is -2.18. The van der Waals surface area contributed by atoms with Gasteiger partial charge in [0.05, 0.1) is 2.74 Å². The Kier molecular flexibility index (Phi) is 2.15. The van der Waals surface area contributed by atoms with Crippen LogP contribution in [0.2, 0.25) is 0 Å². The number of benzene rings is 1. The first-order valence-electron chi connectivity index (χ1n) is 10.2. The van der Waals surface area contributed by atoms with E-state index in [1.807, 2.05) is 6.92 Å². The summed E-state index contributed by atoms with van der Waals surface area (Å²) in [7, 11) is 1.75. The van der Waals surface area contributed by atoms with Crippen LogP contribution in [0.1, 0.15) is 47.2 Å². The summed E-state index contributed by atoms with van der Waals surface area (Å²) in [4.78, 5) is 0. The third-order valence-corrected chi connectivity index (χ3v) is 3.06. The van der Waals surface area contributed by atoms with Crippen LogP contribution in [-0.4, -0.2) is 0 Å². The molecule has 1 aromatic heterocycles. The molecule has 0 saturated carbocycles. The van der Waals surface area contributed by atoms with E-state index in [1.54, 1.807) is 38.5 Å². The van der Waals surface area contributed by atoms with Gasteiger partial charge in [-0.2, -0.15) is 0 Å². The minimum absolute atomic E-state index is 0.0515. The normalized spacial score (nSPS) is 18.1. The smallest absolute Gasteiger partial charge is 0.178 e. The second kappa shape index (κ2) is 5.40.